The molecule has 0 fully saturated rings. The number of thioether (sulfide) groups is 1. The maximum atomic E-state index is 8.14. The number of nitrogens with two attached hydrogens (primary N) is 1. The van der Waals surface area contributed by atoms with Crippen LogP contribution in [-0.2, 0) is 39.5 Å². The molecule has 1 aromatic rings. The van der Waals surface area contributed by atoms with Crippen molar-refractivity contribution in [2.24, 2.45) is 10.8 Å². The van der Waals surface area contributed by atoms with Crippen LogP contribution in [0.2, 0.25) is 19.1 Å². The van der Waals surface area contributed by atoms with Crippen molar-refractivity contribution in [3.63, 3.8) is 0 Å². The number of ether oxygens (including phenoxy) is 6. The first-order valence-electron chi connectivity index (χ1n) is 14.1. The second kappa shape index (κ2) is 24.1. The van der Waals surface area contributed by atoms with Gasteiger partial charge in [0.1, 0.15) is 0 Å². The third-order valence-electron chi connectivity index (χ3n) is 5.29. The van der Waals surface area contributed by atoms with Gasteiger partial charge in [-0.25, -0.2) is 9.97 Å². The highest BCUT2D eigenvalue weighted by molar-refractivity contribution is 7.99. The average Bonchev–Trinajstić information content (AvgIpc) is 2.94. The van der Waals surface area contributed by atoms with Crippen LogP contribution in [0.3, 0.4) is 0 Å². The summed E-state index contributed by atoms with van der Waals surface area (Å²) in [5.41, 5.74) is 14.5. The monoisotopic (exact) mass is 618 g/mol. The molecule has 0 aliphatic heterocycles. The normalized spacial score (nSPS) is 12.0. The van der Waals surface area contributed by atoms with Gasteiger partial charge < -0.3 is 38.6 Å². The summed E-state index contributed by atoms with van der Waals surface area (Å²) in [5, 5.41) is 4.11. The van der Waals surface area contributed by atoms with E-state index in [2.05, 4.69) is 46.9 Å². The summed E-state index contributed by atoms with van der Waals surface area (Å²) in [7, 11) is -1.74. The standard InChI is InChI=1S/C26H50N6O7SSi/c1-26(2,39-41(3,4)19-5-6-27)23-40-25-29-20-24(21-30-25)22-38-18-17-37-16-15-36-14-13-35-12-11-34-10-9-33-8-7-31-32-28/h20-21H,5-19,22-23,27H2,1-4H3. The van der Waals surface area contributed by atoms with Crippen LogP contribution in [0, 0.1) is 0 Å². The smallest absolute Gasteiger partial charge is 0.187 e. The van der Waals surface area contributed by atoms with Gasteiger partial charge in [0.25, 0.3) is 0 Å². The largest absolute Gasteiger partial charge is 0.412 e. The maximum absolute atomic E-state index is 8.14. The summed E-state index contributed by atoms with van der Waals surface area (Å²) < 4.78 is 39.2. The zero-order valence-corrected chi connectivity index (χ0v) is 27.1. The van der Waals surface area contributed by atoms with Crippen LogP contribution in [0.4, 0.5) is 0 Å². The highest BCUT2D eigenvalue weighted by atomic mass is 32.2. The molecule has 0 saturated carbocycles. The molecule has 0 saturated heterocycles. The summed E-state index contributed by atoms with van der Waals surface area (Å²) in [6.07, 6.45) is 4.61. The van der Waals surface area contributed by atoms with Crippen LogP contribution in [0.15, 0.2) is 22.7 Å². The predicted molar refractivity (Wildman–Crippen MR) is 162 cm³/mol. The molecule has 0 radical (unpaired) electrons. The molecule has 0 aromatic carbocycles. The van der Waals surface area contributed by atoms with Crippen molar-refractivity contribution in [3.8, 4) is 0 Å². The Bertz CT molecular complexity index is 820. The quantitative estimate of drug-likeness (QED) is 0.0276. The van der Waals surface area contributed by atoms with Gasteiger partial charge in [0.2, 0.25) is 0 Å². The Morgan fingerprint density at radius 2 is 1.34 bits per heavy atom. The van der Waals surface area contributed by atoms with Gasteiger partial charge in [0.15, 0.2) is 13.5 Å². The molecule has 41 heavy (non-hydrogen) atoms. The summed E-state index contributed by atoms with van der Waals surface area (Å²) in [6, 6.07) is 1.07. The maximum Gasteiger partial charge on any atom is 0.187 e. The van der Waals surface area contributed by atoms with Crippen LogP contribution in [0.5, 0.6) is 0 Å². The Morgan fingerprint density at radius 1 is 0.854 bits per heavy atom. The minimum absolute atomic E-state index is 0.248. The summed E-state index contributed by atoms with van der Waals surface area (Å²) >= 11 is 1.60. The van der Waals surface area contributed by atoms with Crippen molar-refractivity contribution in [2.45, 2.75) is 56.8 Å². The van der Waals surface area contributed by atoms with Crippen molar-refractivity contribution in [1.82, 2.24) is 9.97 Å². The molecule has 0 amide bonds. The molecule has 236 valence electrons. The van der Waals surface area contributed by atoms with Gasteiger partial charge in [0.05, 0.1) is 84.9 Å². The third-order valence-corrected chi connectivity index (χ3v) is 9.27. The fraction of sp³-hybridized carbons (Fsp3) is 0.846. The molecule has 0 aliphatic rings. The number of hydrogen-bond donors (Lipinski definition) is 1. The number of aromatic nitrogens is 2. The Labute approximate surface area is 250 Å². The lowest BCUT2D eigenvalue weighted by atomic mass is 10.2. The van der Waals surface area contributed by atoms with E-state index in [1.807, 2.05) is 0 Å². The van der Waals surface area contributed by atoms with Crippen molar-refractivity contribution in [2.75, 3.05) is 91.5 Å². The van der Waals surface area contributed by atoms with Crippen molar-refractivity contribution in [3.05, 3.63) is 28.4 Å². The number of rotatable bonds is 28. The summed E-state index contributed by atoms with van der Waals surface area (Å²) in [6.45, 7) is 15.5. The van der Waals surface area contributed by atoms with E-state index in [1.165, 1.54) is 0 Å². The lowest BCUT2D eigenvalue weighted by Crippen LogP contribution is -2.42. The minimum Gasteiger partial charge on any atom is -0.412 e. The average molecular weight is 619 g/mol. The molecule has 1 rings (SSSR count). The van der Waals surface area contributed by atoms with Gasteiger partial charge in [-0.15, -0.1) is 0 Å². The van der Waals surface area contributed by atoms with Gasteiger partial charge >= 0.3 is 0 Å². The third kappa shape index (κ3) is 22.9. The van der Waals surface area contributed by atoms with Crippen LogP contribution in [0.25, 0.3) is 10.4 Å². The van der Waals surface area contributed by atoms with E-state index < -0.39 is 8.32 Å². The van der Waals surface area contributed by atoms with E-state index >= 15 is 0 Å². The van der Waals surface area contributed by atoms with E-state index in [1.54, 1.807) is 24.2 Å². The number of azide groups is 1. The Kier molecular flexibility index (Phi) is 22.2. The topological polar surface area (TPSA) is 165 Å². The van der Waals surface area contributed by atoms with Crippen molar-refractivity contribution in [1.29, 1.82) is 0 Å². The van der Waals surface area contributed by atoms with E-state index in [0.717, 1.165) is 28.9 Å². The first-order valence-corrected chi connectivity index (χ1v) is 18.2. The first kappa shape index (κ1) is 37.7. The molecule has 13 nitrogen and oxygen atoms in total. The highest BCUT2D eigenvalue weighted by Gasteiger charge is 2.31. The van der Waals surface area contributed by atoms with E-state index in [9.17, 15) is 0 Å². The van der Waals surface area contributed by atoms with E-state index in [0.29, 0.717) is 92.4 Å². The molecule has 0 spiro atoms. The Morgan fingerprint density at radius 3 is 1.83 bits per heavy atom. The molecule has 1 aromatic heterocycles. The molecule has 0 aliphatic carbocycles. The van der Waals surface area contributed by atoms with Gasteiger partial charge in [-0.1, -0.05) is 16.9 Å². The van der Waals surface area contributed by atoms with E-state index in [4.69, 9.17) is 44.1 Å². The fourth-order valence-corrected chi connectivity index (χ4v) is 7.15. The number of nitrogens with zero attached hydrogens (tertiary/aromatic N) is 5. The summed E-state index contributed by atoms with van der Waals surface area (Å²) in [5.74, 6) is 0.783. The van der Waals surface area contributed by atoms with Gasteiger partial charge in [-0.2, -0.15) is 0 Å². The molecule has 0 atom stereocenters. The second-order valence-corrected chi connectivity index (χ2v) is 15.4. The lowest BCUT2D eigenvalue weighted by molar-refractivity contribution is -0.0174. The zero-order chi connectivity index (χ0) is 30.1. The highest BCUT2D eigenvalue weighted by Crippen LogP contribution is 2.27. The molecule has 15 heteroatoms. The van der Waals surface area contributed by atoms with Gasteiger partial charge in [0, 0.05) is 35.2 Å². The molecule has 0 unspecified atom stereocenters. The van der Waals surface area contributed by atoms with Gasteiger partial charge in [-0.05, 0) is 51.5 Å². The minimum atomic E-state index is -1.74. The Hall–Kier alpha value is -1.36. The Balaban J connectivity index is 1.95. The molecular formula is C26H50N6O7SSi. The summed E-state index contributed by atoms with van der Waals surface area (Å²) in [4.78, 5) is 11.6. The van der Waals surface area contributed by atoms with E-state index in [-0.39, 0.29) is 5.60 Å². The van der Waals surface area contributed by atoms with Crippen molar-refractivity contribution < 1.29 is 32.8 Å². The molecule has 1 heterocycles. The lowest BCUT2D eigenvalue weighted by Gasteiger charge is -2.35. The van der Waals surface area contributed by atoms with Crippen LogP contribution < -0.4 is 5.73 Å². The molecule has 0 bridgehead atoms. The fourth-order valence-electron chi connectivity index (χ4n) is 3.53. The number of hydrogen-bond acceptors (Lipinski definition) is 12. The predicted octanol–water partition coefficient (Wildman–Crippen LogP) is 3.83. The molecule has 2 N–H and O–H groups in total. The van der Waals surface area contributed by atoms with Crippen LogP contribution in [-0.4, -0.2) is 115 Å². The molecular weight excluding hydrogens is 568 g/mol. The zero-order valence-electron chi connectivity index (χ0n) is 25.3. The van der Waals surface area contributed by atoms with Crippen LogP contribution in [0.1, 0.15) is 25.8 Å². The second-order valence-electron chi connectivity index (χ2n) is 10.2. The van der Waals surface area contributed by atoms with Crippen LogP contribution >= 0.6 is 11.8 Å². The van der Waals surface area contributed by atoms with Gasteiger partial charge in [-0.3, -0.25) is 0 Å². The van der Waals surface area contributed by atoms with Crippen molar-refractivity contribution >= 4 is 20.1 Å². The SMILES string of the molecule is CC(C)(CSc1ncc(COCCOCCOCCOCCOCCOCCN=[N+]=[N-])cn1)O[Si](C)(C)CCCN. The first-order chi connectivity index (χ1) is 19.8.